The molecule has 114 valence electrons. The minimum absolute atomic E-state index is 0.0448. The fourth-order valence-electron chi connectivity index (χ4n) is 2.52. The van der Waals surface area contributed by atoms with Crippen molar-refractivity contribution in [2.75, 3.05) is 6.61 Å². The second kappa shape index (κ2) is 6.60. The van der Waals surface area contributed by atoms with Gasteiger partial charge in [0.25, 0.3) is 5.91 Å². The molecule has 0 radical (unpaired) electrons. The number of hydrogen-bond acceptors (Lipinski definition) is 3. The zero-order chi connectivity index (χ0) is 15.4. The van der Waals surface area contributed by atoms with Crippen LogP contribution < -0.4 is 4.74 Å². The van der Waals surface area contributed by atoms with Gasteiger partial charge in [-0.3, -0.25) is 9.78 Å². The molecule has 1 aliphatic carbocycles. The van der Waals surface area contributed by atoms with Crippen LogP contribution >= 0.6 is 0 Å². The van der Waals surface area contributed by atoms with Gasteiger partial charge in [0.2, 0.25) is 0 Å². The Balaban J connectivity index is 1.84. The normalized spacial score (nSPS) is 13.7. The Labute approximate surface area is 130 Å². The maximum absolute atomic E-state index is 13.0. The molecule has 4 nitrogen and oxygen atoms in total. The van der Waals surface area contributed by atoms with Gasteiger partial charge in [-0.05, 0) is 49.6 Å². The number of ether oxygens (including phenoxy) is 1. The van der Waals surface area contributed by atoms with Crippen LogP contribution in [0.1, 0.15) is 35.7 Å². The SMILES string of the molecule is CCOc1ccccc1C(=O)N(Cc1ccncc1)C1CC1. The number of nitrogens with zero attached hydrogens (tertiary/aromatic N) is 2. The predicted molar refractivity (Wildman–Crippen MR) is 84.7 cm³/mol. The molecule has 0 spiro atoms. The summed E-state index contributed by atoms with van der Waals surface area (Å²) in [6.45, 7) is 3.10. The van der Waals surface area contributed by atoms with Crippen LogP contribution in [0, 0.1) is 0 Å². The zero-order valence-electron chi connectivity index (χ0n) is 12.7. The van der Waals surface area contributed by atoms with Crippen molar-refractivity contribution in [2.45, 2.75) is 32.4 Å². The van der Waals surface area contributed by atoms with Crippen LogP contribution in [-0.4, -0.2) is 28.4 Å². The largest absolute Gasteiger partial charge is 0.493 e. The molecule has 3 rings (SSSR count). The predicted octanol–water partition coefficient (Wildman–Crippen LogP) is 3.29. The highest BCUT2D eigenvalue weighted by Crippen LogP contribution is 2.31. The van der Waals surface area contributed by atoms with Crippen molar-refractivity contribution in [3.05, 3.63) is 59.9 Å². The van der Waals surface area contributed by atoms with E-state index in [-0.39, 0.29) is 5.91 Å². The van der Waals surface area contributed by atoms with Crippen molar-refractivity contribution in [2.24, 2.45) is 0 Å². The van der Waals surface area contributed by atoms with Gasteiger partial charge in [0.15, 0.2) is 0 Å². The van der Waals surface area contributed by atoms with Gasteiger partial charge in [-0.1, -0.05) is 12.1 Å². The molecule has 1 aromatic heterocycles. The molecule has 22 heavy (non-hydrogen) atoms. The summed E-state index contributed by atoms with van der Waals surface area (Å²) in [4.78, 5) is 18.9. The molecular formula is C18H20N2O2. The summed E-state index contributed by atoms with van der Waals surface area (Å²) in [7, 11) is 0. The van der Waals surface area contributed by atoms with Gasteiger partial charge in [0, 0.05) is 25.0 Å². The van der Waals surface area contributed by atoms with E-state index < -0.39 is 0 Å². The Hall–Kier alpha value is -2.36. The summed E-state index contributed by atoms with van der Waals surface area (Å²) >= 11 is 0. The van der Waals surface area contributed by atoms with E-state index in [1.54, 1.807) is 12.4 Å². The molecule has 0 N–H and O–H groups in total. The summed E-state index contributed by atoms with van der Waals surface area (Å²) in [6.07, 6.45) is 5.68. The number of carbonyl (C=O) groups excluding carboxylic acids is 1. The van der Waals surface area contributed by atoms with Crippen LogP contribution in [0.4, 0.5) is 0 Å². The maximum Gasteiger partial charge on any atom is 0.258 e. The minimum Gasteiger partial charge on any atom is -0.493 e. The Morgan fingerprint density at radius 2 is 1.95 bits per heavy atom. The van der Waals surface area contributed by atoms with Gasteiger partial charge in [0.05, 0.1) is 12.2 Å². The molecular weight excluding hydrogens is 276 g/mol. The summed E-state index contributed by atoms with van der Waals surface area (Å²) in [5.41, 5.74) is 1.74. The van der Waals surface area contributed by atoms with Gasteiger partial charge >= 0.3 is 0 Å². The van der Waals surface area contributed by atoms with Crippen LogP contribution in [0.15, 0.2) is 48.8 Å². The van der Waals surface area contributed by atoms with E-state index in [0.29, 0.717) is 30.5 Å². The molecule has 1 saturated carbocycles. The Morgan fingerprint density at radius 1 is 1.23 bits per heavy atom. The van der Waals surface area contributed by atoms with E-state index in [0.717, 1.165) is 18.4 Å². The number of rotatable bonds is 6. The fraction of sp³-hybridized carbons (Fsp3) is 0.333. The molecule has 1 aliphatic rings. The highest BCUT2D eigenvalue weighted by molar-refractivity contribution is 5.97. The van der Waals surface area contributed by atoms with Gasteiger partial charge in [-0.2, -0.15) is 0 Å². The minimum atomic E-state index is 0.0448. The standard InChI is InChI=1S/C18H20N2O2/c1-2-22-17-6-4-3-5-16(17)18(21)20(15-7-8-15)13-14-9-11-19-12-10-14/h3-6,9-12,15H,2,7-8,13H2,1H3. The van der Waals surface area contributed by atoms with Crippen molar-refractivity contribution in [1.82, 2.24) is 9.88 Å². The number of amides is 1. The molecule has 0 aliphatic heterocycles. The Kier molecular flexibility index (Phi) is 4.37. The van der Waals surface area contributed by atoms with Crippen molar-refractivity contribution in [1.29, 1.82) is 0 Å². The number of benzene rings is 1. The molecule has 2 aromatic rings. The van der Waals surface area contributed by atoms with Crippen LogP contribution in [-0.2, 0) is 6.54 Å². The first-order valence-corrected chi connectivity index (χ1v) is 7.71. The Morgan fingerprint density at radius 3 is 2.64 bits per heavy atom. The Bertz CT molecular complexity index is 639. The first kappa shape index (κ1) is 14.6. The third-order valence-electron chi connectivity index (χ3n) is 3.77. The molecule has 4 heteroatoms. The molecule has 1 amide bonds. The summed E-state index contributed by atoms with van der Waals surface area (Å²) in [6, 6.07) is 11.7. The van der Waals surface area contributed by atoms with Crippen molar-refractivity contribution < 1.29 is 9.53 Å². The zero-order valence-corrected chi connectivity index (χ0v) is 12.7. The molecule has 1 aromatic carbocycles. The van der Waals surface area contributed by atoms with E-state index in [1.807, 2.05) is 48.2 Å². The summed E-state index contributed by atoms with van der Waals surface area (Å²) < 4.78 is 5.60. The van der Waals surface area contributed by atoms with Crippen molar-refractivity contribution in [3.63, 3.8) is 0 Å². The smallest absolute Gasteiger partial charge is 0.258 e. The van der Waals surface area contributed by atoms with E-state index in [1.165, 1.54) is 0 Å². The quantitative estimate of drug-likeness (QED) is 0.821. The molecule has 0 bridgehead atoms. The average Bonchev–Trinajstić information content (AvgIpc) is 3.39. The monoisotopic (exact) mass is 296 g/mol. The lowest BCUT2D eigenvalue weighted by Gasteiger charge is -2.23. The van der Waals surface area contributed by atoms with Gasteiger partial charge in [-0.15, -0.1) is 0 Å². The molecule has 0 unspecified atom stereocenters. The molecule has 1 fully saturated rings. The van der Waals surface area contributed by atoms with Crippen molar-refractivity contribution >= 4 is 5.91 Å². The second-order valence-corrected chi connectivity index (χ2v) is 5.45. The lowest BCUT2D eigenvalue weighted by atomic mass is 10.1. The van der Waals surface area contributed by atoms with E-state index >= 15 is 0 Å². The lowest BCUT2D eigenvalue weighted by molar-refractivity contribution is 0.0725. The van der Waals surface area contributed by atoms with E-state index in [2.05, 4.69) is 4.98 Å². The van der Waals surface area contributed by atoms with Crippen molar-refractivity contribution in [3.8, 4) is 5.75 Å². The van der Waals surface area contributed by atoms with Crippen LogP contribution in [0.5, 0.6) is 5.75 Å². The highest BCUT2D eigenvalue weighted by Gasteiger charge is 2.34. The molecule has 0 atom stereocenters. The first-order valence-electron chi connectivity index (χ1n) is 7.71. The first-order chi connectivity index (χ1) is 10.8. The lowest BCUT2D eigenvalue weighted by Crippen LogP contribution is -2.32. The molecule has 1 heterocycles. The van der Waals surface area contributed by atoms with Crippen LogP contribution in [0.25, 0.3) is 0 Å². The fourth-order valence-corrected chi connectivity index (χ4v) is 2.52. The molecule has 0 saturated heterocycles. The van der Waals surface area contributed by atoms with E-state index in [4.69, 9.17) is 4.74 Å². The summed E-state index contributed by atoms with van der Waals surface area (Å²) in [5, 5.41) is 0. The third kappa shape index (κ3) is 3.27. The average molecular weight is 296 g/mol. The third-order valence-corrected chi connectivity index (χ3v) is 3.77. The number of pyridine rings is 1. The number of carbonyl (C=O) groups is 1. The van der Waals surface area contributed by atoms with Crippen LogP contribution in [0.3, 0.4) is 0 Å². The van der Waals surface area contributed by atoms with E-state index in [9.17, 15) is 4.79 Å². The number of para-hydroxylation sites is 1. The van der Waals surface area contributed by atoms with Crippen LogP contribution in [0.2, 0.25) is 0 Å². The summed E-state index contributed by atoms with van der Waals surface area (Å²) in [5.74, 6) is 0.707. The van der Waals surface area contributed by atoms with Gasteiger partial charge in [0.1, 0.15) is 5.75 Å². The number of hydrogen-bond donors (Lipinski definition) is 0. The maximum atomic E-state index is 13.0. The highest BCUT2D eigenvalue weighted by atomic mass is 16.5. The number of aromatic nitrogens is 1. The topological polar surface area (TPSA) is 42.4 Å². The van der Waals surface area contributed by atoms with Gasteiger partial charge in [-0.25, -0.2) is 0 Å². The second-order valence-electron chi connectivity index (χ2n) is 5.45. The van der Waals surface area contributed by atoms with Gasteiger partial charge < -0.3 is 9.64 Å².